The monoisotopic (exact) mass is 750 g/mol. The molecule has 0 bridgehead atoms. The first-order valence-electron chi connectivity index (χ1n) is 18.4. The van der Waals surface area contributed by atoms with E-state index < -0.39 is 11.5 Å². The molecule has 4 aliphatic rings. The molecule has 2 saturated carbocycles. The number of aliphatic hydroxyl groups is 1. The number of Topliss-reactive ketones (excluding diaryl/α,β-unsaturated/α-hetero) is 2. The summed E-state index contributed by atoms with van der Waals surface area (Å²) >= 11 is 4.90. The first-order chi connectivity index (χ1) is 25.0. The van der Waals surface area contributed by atoms with Crippen LogP contribution in [0.3, 0.4) is 0 Å². The summed E-state index contributed by atoms with van der Waals surface area (Å²) in [6.07, 6.45) is 7.47. The van der Waals surface area contributed by atoms with Gasteiger partial charge in [-0.1, -0.05) is 25.7 Å². The molecule has 11 heteroatoms. The van der Waals surface area contributed by atoms with Crippen molar-refractivity contribution in [2.75, 3.05) is 42.4 Å². The number of amides is 2. The Morgan fingerprint density at radius 1 is 0.642 bits per heavy atom. The van der Waals surface area contributed by atoms with Crippen molar-refractivity contribution in [1.82, 2.24) is 9.80 Å². The number of methoxy groups -OCH3 is 2. The Morgan fingerprint density at radius 3 is 1.38 bits per heavy atom. The lowest BCUT2D eigenvalue weighted by Gasteiger charge is -2.26. The largest absolute Gasteiger partial charge is 0.511 e. The van der Waals surface area contributed by atoms with Gasteiger partial charge in [0.15, 0.2) is 11.6 Å². The maximum absolute atomic E-state index is 13.3. The fraction of sp³-hybridized carbons (Fsp3) is 0.524. The van der Waals surface area contributed by atoms with Crippen molar-refractivity contribution in [2.24, 2.45) is 23.7 Å². The Kier molecular flexibility index (Phi) is 13.8. The third kappa shape index (κ3) is 8.91. The predicted octanol–water partition coefficient (Wildman–Crippen LogP) is 8.99. The highest BCUT2D eigenvalue weighted by molar-refractivity contribution is 6.62. The van der Waals surface area contributed by atoms with Gasteiger partial charge in [0, 0.05) is 51.9 Å². The smallest absolute Gasteiger partial charge is 0.414 e. The number of fused-ring (bicyclic) bond motifs is 2. The lowest BCUT2D eigenvalue weighted by Crippen LogP contribution is -2.26. The molecular weight excluding hydrogens is 696 g/mol. The highest BCUT2D eigenvalue weighted by atomic mass is 35.5. The highest BCUT2D eigenvalue weighted by Crippen LogP contribution is 2.49. The quantitative estimate of drug-likeness (QED) is 0.237. The molecule has 4 atom stereocenters. The standard InChI is InChI=1S/C21H27NO4.C18H22O3.C3H6ClNO/c1-12-10-14(25-5)11-13(2)17(12)18-19(23)15-8-6-7-9-16(15)20(18)26-21(24)22(3)4;1-10-8-12(21-3)9-11(2)15(10)16-17(19)13-6-4-5-7-14(13)18(16)20;1-5(2)3(4)6/h10-11,15-16H,6-9H2,1-5H3;8-9,13-14,19H,4-7H2,1-3H3;1-2H3. The molecule has 0 radical (unpaired) electrons. The van der Waals surface area contributed by atoms with Crippen molar-refractivity contribution < 1.29 is 38.5 Å². The number of ether oxygens (including phenoxy) is 3. The minimum absolute atomic E-state index is 0.00495. The molecule has 4 aliphatic carbocycles. The van der Waals surface area contributed by atoms with Gasteiger partial charge in [-0.3, -0.25) is 14.4 Å². The number of carbonyl (C=O) groups excluding carboxylic acids is 4. The van der Waals surface area contributed by atoms with Crippen LogP contribution in [-0.4, -0.2) is 80.3 Å². The van der Waals surface area contributed by atoms with E-state index in [-0.39, 0.29) is 35.2 Å². The van der Waals surface area contributed by atoms with Crippen molar-refractivity contribution in [3.05, 3.63) is 69.2 Å². The van der Waals surface area contributed by atoms with Gasteiger partial charge in [-0.2, -0.15) is 0 Å². The zero-order valence-corrected chi connectivity index (χ0v) is 33.6. The Morgan fingerprint density at radius 2 is 1.00 bits per heavy atom. The van der Waals surface area contributed by atoms with Crippen molar-refractivity contribution in [3.63, 3.8) is 0 Å². The van der Waals surface area contributed by atoms with Gasteiger partial charge in [-0.15, -0.1) is 0 Å². The summed E-state index contributed by atoms with van der Waals surface area (Å²) in [4.78, 5) is 50.8. The molecule has 53 heavy (non-hydrogen) atoms. The van der Waals surface area contributed by atoms with E-state index in [1.165, 1.54) is 9.80 Å². The minimum Gasteiger partial charge on any atom is -0.511 e. The zero-order valence-electron chi connectivity index (χ0n) is 32.9. The molecule has 1 N–H and O–H groups in total. The van der Waals surface area contributed by atoms with E-state index in [1.807, 2.05) is 52.0 Å². The third-order valence-electron chi connectivity index (χ3n) is 10.8. The van der Waals surface area contributed by atoms with E-state index in [4.69, 9.17) is 25.8 Å². The molecular formula is C42H55ClN2O8. The number of aliphatic hydroxyl groups excluding tert-OH is 1. The van der Waals surface area contributed by atoms with Gasteiger partial charge in [-0.05, 0) is 123 Å². The van der Waals surface area contributed by atoms with Crippen molar-refractivity contribution in [3.8, 4) is 11.5 Å². The van der Waals surface area contributed by atoms with Gasteiger partial charge in [0.2, 0.25) is 0 Å². The lowest BCUT2D eigenvalue weighted by atomic mass is 9.80. The molecule has 4 unspecified atom stereocenters. The van der Waals surface area contributed by atoms with Crippen LogP contribution in [0.1, 0.15) is 84.7 Å². The molecule has 0 aromatic heterocycles. The van der Waals surface area contributed by atoms with Gasteiger partial charge in [-0.25, -0.2) is 4.79 Å². The van der Waals surface area contributed by atoms with Gasteiger partial charge in [0.1, 0.15) is 23.0 Å². The normalized spacial score (nSPS) is 21.8. The summed E-state index contributed by atoms with van der Waals surface area (Å²) in [7, 11) is 9.76. The molecule has 0 heterocycles. The molecule has 2 aromatic carbocycles. The maximum atomic E-state index is 13.3. The average Bonchev–Trinajstić information content (AvgIpc) is 3.53. The Labute approximate surface area is 319 Å². The second-order valence-corrected chi connectivity index (χ2v) is 15.2. The molecule has 0 spiro atoms. The van der Waals surface area contributed by atoms with E-state index >= 15 is 0 Å². The van der Waals surface area contributed by atoms with E-state index in [2.05, 4.69) is 0 Å². The van der Waals surface area contributed by atoms with Crippen molar-refractivity contribution >= 4 is 45.8 Å². The van der Waals surface area contributed by atoms with Gasteiger partial charge < -0.3 is 29.1 Å². The summed E-state index contributed by atoms with van der Waals surface area (Å²) in [5.41, 5.74) is 6.82. The third-order valence-corrected chi connectivity index (χ3v) is 11.1. The molecule has 2 amide bonds. The van der Waals surface area contributed by atoms with Crippen LogP contribution in [0.4, 0.5) is 9.59 Å². The molecule has 2 aromatic rings. The predicted molar refractivity (Wildman–Crippen MR) is 207 cm³/mol. The fourth-order valence-electron chi connectivity index (χ4n) is 8.20. The average molecular weight is 751 g/mol. The van der Waals surface area contributed by atoms with Crippen LogP contribution in [0, 0.1) is 51.4 Å². The van der Waals surface area contributed by atoms with E-state index in [0.717, 1.165) is 96.2 Å². The number of ketones is 2. The molecule has 0 saturated heterocycles. The minimum atomic E-state index is -0.435. The van der Waals surface area contributed by atoms with Crippen LogP contribution < -0.4 is 9.47 Å². The molecule has 2 fully saturated rings. The number of rotatable bonds is 5. The number of aryl methyl sites for hydroxylation is 4. The molecule has 6 rings (SSSR count). The van der Waals surface area contributed by atoms with Crippen LogP contribution in [0.5, 0.6) is 11.5 Å². The number of carbonyl (C=O) groups is 4. The maximum Gasteiger partial charge on any atom is 0.414 e. The van der Waals surface area contributed by atoms with Crippen LogP contribution in [0.25, 0.3) is 11.1 Å². The first-order valence-corrected chi connectivity index (χ1v) is 18.7. The SMILES string of the molecule is CN(C)C(=O)Cl.COc1cc(C)c(C2=C(O)C3CCCCC3C2=O)c(C)c1.COc1cc(C)c(C2=C(OC(=O)N(C)C)C3CCCCC3C2=O)c(C)c1. The van der Waals surface area contributed by atoms with E-state index in [0.29, 0.717) is 22.7 Å². The van der Waals surface area contributed by atoms with Crippen molar-refractivity contribution in [2.45, 2.75) is 79.1 Å². The summed E-state index contributed by atoms with van der Waals surface area (Å²) < 4.78 is 16.4. The van der Waals surface area contributed by atoms with Gasteiger partial charge in [0.05, 0.1) is 25.4 Å². The molecule has 0 aliphatic heterocycles. The number of halogens is 1. The lowest BCUT2D eigenvalue weighted by molar-refractivity contribution is -0.119. The summed E-state index contributed by atoms with van der Waals surface area (Å²) in [6.45, 7) is 7.89. The second-order valence-electron chi connectivity index (χ2n) is 14.9. The molecule has 10 nitrogen and oxygen atoms in total. The van der Waals surface area contributed by atoms with Crippen LogP contribution >= 0.6 is 11.6 Å². The molecule has 288 valence electrons. The second kappa shape index (κ2) is 17.7. The Hall–Kier alpha value is -4.31. The highest BCUT2D eigenvalue weighted by Gasteiger charge is 2.47. The van der Waals surface area contributed by atoms with E-state index in [1.54, 1.807) is 42.4 Å². The van der Waals surface area contributed by atoms with Crippen LogP contribution in [0.2, 0.25) is 0 Å². The fourth-order valence-corrected chi connectivity index (χ4v) is 8.20. The number of hydrogen-bond donors (Lipinski definition) is 1. The first kappa shape index (κ1) is 41.4. The Bertz CT molecular complexity index is 1760. The van der Waals surface area contributed by atoms with Gasteiger partial charge >= 0.3 is 11.5 Å². The van der Waals surface area contributed by atoms with Gasteiger partial charge in [0.25, 0.3) is 0 Å². The zero-order chi connectivity index (χ0) is 39.3. The number of nitrogens with zero attached hydrogens (tertiary/aromatic N) is 2. The van der Waals surface area contributed by atoms with Crippen LogP contribution in [-0.2, 0) is 14.3 Å². The number of benzene rings is 2. The number of allylic oxidation sites excluding steroid dienone is 4. The summed E-state index contributed by atoms with van der Waals surface area (Å²) in [5, 5.41) is 10.2. The summed E-state index contributed by atoms with van der Waals surface area (Å²) in [5.74, 6) is 2.67. The van der Waals surface area contributed by atoms with E-state index in [9.17, 15) is 24.3 Å². The topological polar surface area (TPSA) is 123 Å². The summed E-state index contributed by atoms with van der Waals surface area (Å²) in [6, 6.07) is 7.71. The van der Waals surface area contributed by atoms with Crippen LogP contribution in [0.15, 0.2) is 35.8 Å². The number of hydrogen-bond acceptors (Lipinski definition) is 8. The van der Waals surface area contributed by atoms with Crippen molar-refractivity contribution in [1.29, 1.82) is 0 Å². The Balaban J connectivity index is 0.000000209.